The normalized spacial score (nSPS) is 10.4. The van der Waals surface area contributed by atoms with Gasteiger partial charge in [0.15, 0.2) is 4.34 Å². The van der Waals surface area contributed by atoms with Crippen molar-refractivity contribution in [3.8, 4) is 0 Å². The van der Waals surface area contributed by atoms with Crippen molar-refractivity contribution >= 4 is 34.2 Å². The van der Waals surface area contributed by atoms with Crippen molar-refractivity contribution in [2.24, 2.45) is 0 Å². The molecule has 0 saturated heterocycles. The maximum atomic E-state index is 11.5. The average molecular weight is 323 g/mol. The number of hydrogen-bond donors (Lipinski definition) is 1. The summed E-state index contributed by atoms with van der Waals surface area (Å²) in [5, 5.41) is 12.3. The Morgan fingerprint density at radius 3 is 3.05 bits per heavy atom. The Labute approximate surface area is 132 Å². The number of methoxy groups -OCH3 is 1. The second kappa shape index (κ2) is 7.99. The maximum Gasteiger partial charge on any atom is 0.337 e. The summed E-state index contributed by atoms with van der Waals surface area (Å²) in [5.74, 6) is 0.427. The number of nitrogens with zero attached hydrogens (tertiary/aromatic N) is 2. The molecule has 2 aromatic rings. The molecular weight excluding hydrogens is 306 g/mol. The van der Waals surface area contributed by atoms with Crippen molar-refractivity contribution in [3.05, 3.63) is 35.4 Å². The standard InChI is InChI=1S/C14H17N3O2S2/c1-3-7-15-13-16-17-14(21-13)20-9-10-5-4-6-11(8-10)12(18)19-2/h4-6,8H,3,7,9H2,1-2H3,(H,15,16). The Kier molecular flexibility index (Phi) is 6.01. The van der Waals surface area contributed by atoms with Gasteiger partial charge in [0.25, 0.3) is 0 Å². The van der Waals surface area contributed by atoms with Gasteiger partial charge in [0, 0.05) is 12.3 Å². The van der Waals surface area contributed by atoms with Crippen LogP contribution in [0.15, 0.2) is 28.6 Å². The zero-order valence-electron chi connectivity index (χ0n) is 12.0. The average Bonchev–Trinajstić information content (AvgIpc) is 2.98. The third-order valence-corrected chi connectivity index (χ3v) is 4.73. The van der Waals surface area contributed by atoms with Crippen molar-refractivity contribution in [2.75, 3.05) is 19.0 Å². The van der Waals surface area contributed by atoms with Gasteiger partial charge in [0.2, 0.25) is 5.13 Å². The summed E-state index contributed by atoms with van der Waals surface area (Å²) in [7, 11) is 1.38. The van der Waals surface area contributed by atoms with Gasteiger partial charge in [-0.25, -0.2) is 4.79 Å². The molecule has 2 rings (SSSR count). The number of carbonyl (C=O) groups excluding carboxylic acids is 1. The monoisotopic (exact) mass is 323 g/mol. The van der Waals surface area contributed by atoms with Crippen molar-refractivity contribution < 1.29 is 9.53 Å². The summed E-state index contributed by atoms with van der Waals surface area (Å²) in [6.45, 7) is 3.01. The molecule has 0 aliphatic heterocycles. The van der Waals surface area contributed by atoms with Crippen LogP contribution in [0.4, 0.5) is 5.13 Å². The topological polar surface area (TPSA) is 64.1 Å². The van der Waals surface area contributed by atoms with E-state index in [4.69, 9.17) is 4.74 Å². The van der Waals surface area contributed by atoms with Crippen LogP contribution in [0.5, 0.6) is 0 Å². The minimum absolute atomic E-state index is 0.316. The van der Waals surface area contributed by atoms with Crippen LogP contribution in [0.3, 0.4) is 0 Å². The van der Waals surface area contributed by atoms with Crippen molar-refractivity contribution in [1.82, 2.24) is 10.2 Å². The second-order valence-corrected chi connectivity index (χ2v) is 6.48. The molecule has 1 aromatic heterocycles. The molecule has 0 bridgehead atoms. The summed E-state index contributed by atoms with van der Waals surface area (Å²) in [6.07, 6.45) is 1.06. The maximum absolute atomic E-state index is 11.5. The number of anilines is 1. The quantitative estimate of drug-likeness (QED) is 0.622. The number of benzene rings is 1. The highest BCUT2D eigenvalue weighted by molar-refractivity contribution is 8.00. The molecule has 112 valence electrons. The van der Waals surface area contributed by atoms with E-state index in [0.29, 0.717) is 5.56 Å². The first-order valence-electron chi connectivity index (χ1n) is 6.60. The van der Waals surface area contributed by atoms with Crippen LogP contribution in [-0.2, 0) is 10.5 Å². The van der Waals surface area contributed by atoms with Gasteiger partial charge in [0.1, 0.15) is 0 Å². The predicted octanol–water partition coefficient (Wildman–Crippen LogP) is 3.44. The highest BCUT2D eigenvalue weighted by atomic mass is 32.2. The third-order valence-electron chi connectivity index (χ3n) is 2.64. The number of thioether (sulfide) groups is 1. The fraction of sp³-hybridized carbons (Fsp3) is 0.357. The molecule has 0 saturated carbocycles. The van der Waals surface area contributed by atoms with Crippen LogP contribution < -0.4 is 5.32 Å². The van der Waals surface area contributed by atoms with Crippen LogP contribution in [0.1, 0.15) is 29.3 Å². The van der Waals surface area contributed by atoms with E-state index in [9.17, 15) is 4.79 Å². The van der Waals surface area contributed by atoms with E-state index in [0.717, 1.165) is 33.8 Å². The molecule has 21 heavy (non-hydrogen) atoms. The summed E-state index contributed by atoms with van der Waals surface area (Å²) >= 11 is 3.15. The van der Waals surface area contributed by atoms with Crippen molar-refractivity contribution in [1.29, 1.82) is 0 Å². The minimum atomic E-state index is -0.316. The lowest BCUT2D eigenvalue weighted by atomic mass is 10.1. The SMILES string of the molecule is CCCNc1nnc(SCc2cccc(C(=O)OC)c2)s1. The Morgan fingerprint density at radius 2 is 2.29 bits per heavy atom. The second-order valence-electron chi connectivity index (χ2n) is 4.28. The van der Waals surface area contributed by atoms with Gasteiger partial charge in [-0.1, -0.05) is 42.2 Å². The lowest BCUT2D eigenvalue weighted by Crippen LogP contribution is -2.01. The van der Waals surface area contributed by atoms with E-state index < -0.39 is 0 Å². The molecule has 1 N–H and O–H groups in total. The third kappa shape index (κ3) is 4.71. The van der Waals surface area contributed by atoms with Gasteiger partial charge >= 0.3 is 5.97 Å². The summed E-state index contributed by atoms with van der Waals surface area (Å²) in [6, 6.07) is 7.43. The van der Waals surface area contributed by atoms with Crippen molar-refractivity contribution in [2.45, 2.75) is 23.4 Å². The highest BCUT2D eigenvalue weighted by Gasteiger charge is 2.08. The zero-order valence-corrected chi connectivity index (χ0v) is 13.6. The largest absolute Gasteiger partial charge is 0.465 e. The zero-order chi connectivity index (χ0) is 15.1. The summed E-state index contributed by atoms with van der Waals surface area (Å²) in [4.78, 5) is 11.5. The first kappa shape index (κ1) is 15.8. The highest BCUT2D eigenvalue weighted by Crippen LogP contribution is 2.28. The van der Waals surface area contributed by atoms with E-state index in [-0.39, 0.29) is 5.97 Å². The Bertz CT molecular complexity index is 601. The number of esters is 1. The van der Waals surface area contributed by atoms with E-state index in [1.807, 2.05) is 18.2 Å². The molecule has 0 aliphatic carbocycles. The molecule has 0 atom stereocenters. The first-order valence-corrected chi connectivity index (χ1v) is 8.40. The van der Waals surface area contributed by atoms with Crippen molar-refractivity contribution in [3.63, 3.8) is 0 Å². The molecule has 1 heterocycles. The lowest BCUT2D eigenvalue weighted by Gasteiger charge is -2.02. The van der Waals surface area contributed by atoms with Gasteiger partial charge in [-0.2, -0.15) is 0 Å². The molecule has 0 aliphatic rings. The smallest absolute Gasteiger partial charge is 0.337 e. The summed E-state index contributed by atoms with van der Waals surface area (Å²) < 4.78 is 5.63. The molecule has 7 heteroatoms. The fourth-order valence-electron chi connectivity index (χ4n) is 1.62. The van der Waals surface area contributed by atoms with Crippen LogP contribution >= 0.6 is 23.1 Å². The van der Waals surface area contributed by atoms with Crippen LogP contribution in [0, 0.1) is 0 Å². The van der Waals surface area contributed by atoms with E-state index in [1.54, 1.807) is 29.2 Å². The van der Waals surface area contributed by atoms with Gasteiger partial charge in [-0.05, 0) is 24.1 Å². The predicted molar refractivity (Wildman–Crippen MR) is 86.0 cm³/mol. The lowest BCUT2D eigenvalue weighted by molar-refractivity contribution is 0.0600. The van der Waals surface area contributed by atoms with E-state index >= 15 is 0 Å². The molecule has 5 nitrogen and oxygen atoms in total. The van der Waals surface area contributed by atoms with Crippen LogP contribution in [0.2, 0.25) is 0 Å². The number of rotatable bonds is 7. The van der Waals surface area contributed by atoms with E-state index in [2.05, 4.69) is 22.4 Å². The number of hydrogen-bond acceptors (Lipinski definition) is 7. The summed E-state index contributed by atoms with van der Waals surface area (Å²) in [5.41, 5.74) is 1.62. The first-order chi connectivity index (χ1) is 10.2. The number of aromatic nitrogens is 2. The molecule has 0 fully saturated rings. The number of nitrogens with one attached hydrogen (secondary N) is 1. The molecule has 0 radical (unpaired) electrons. The van der Waals surface area contributed by atoms with Gasteiger partial charge in [-0.3, -0.25) is 0 Å². The molecule has 0 spiro atoms. The molecule has 0 unspecified atom stereocenters. The minimum Gasteiger partial charge on any atom is -0.465 e. The number of carbonyl (C=O) groups is 1. The van der Waals surface area contributed by atoms with Gasteiger partial charge in [0.05, 0.1) is 12.7 Å². The van der Waals surface area contributed by atoms with Gasteiger partial charge in [-0.15, -0.1) is 10.2 Å². The molecule has 1 aromatic carbocycles. The Hall–Kier alpha value is -1.60. The fourth-order valence-corrected chi connectivity index (χ4v) is 3.34. The Morgan fingerprint density at radius 1 is 1.43 bits per heavy atom. The number of ether oxygens (including phenoxy) is 1. The van der Waals surface area contributed by atoms with E-state index in [1.165, 1.54) is 7.11 Å². The van der Waals surface area contributed by atoms with Crippen LogP contribution in [-0.4, -0.2) is 29.8 Å². The molecule has 0 amide bonds. The van der Waals surface area contributed by atoms with Crippen LogP contribution in [0.25, 0.3) is 0 Å². The van der Waals surface area contributed by atoms with Gasteiger partial charge < -0.3 is 10.1 Å². The molecular formula is C14H17N3O2S2. The Balaban J connectivity index is 1.93.